The fourth-order valence-corrected chi connectivity index (χ4v) is 3.17. The molecule has 0 aliphatic carbocycles. The van der Waals surface area contributed by atoms with Crippen molar-refractivity contribution in [3.05, 3.63) is 67.6 Å². The van der Waals surface area contributed by atoms with Crippen LogP contribution in [0.25, 0.3) is 0 Å². The molecule has 1 unspecified atom stereocenters. The van der Waals surface area contributed by atoms with Gasteiger partial charge in [-0.3, -0.25) is 0 Å². The van der Waals surface area contributed by atoms with Crippen LogP contribution in [-0.4, -0.2) is 7.05 Å². The summed E-state index contributed by atoms with van der Waals surface area (Å²) in [4.78, 5) is 0. The molecule has 1 nitrogen and oxygen atoms in total. The zero-order valence-corrected chi connectivity index (χ0v) is 14.1. The zero-order chi connectivity index (χ0) is 14.9. The van der Waals surface area contributed by atoms with E-state index in [1.54, 1.807) is 7.05 Å². The highest BCUT2D eigenvalue weighted by Crippen LogP contribution is 2.33. The fraction of sp³-hybridized carbons (Fsp3) is 0.200. The van der Waals surface area contributed by atoms with Gasteiger partial charge >= 0.3 is 0 Å². The molecule has 20 heavy (non-hydrogen) atoms. The van der Waals surface area contributed by atoms with Crippen LogP contribution >= 0.6 is 31.9 Å². The standard InChI is InChI=1S/C15H13Br2F2N/c1-8-3-14(17)12(7-13(8)16)15(20-2)9-4-10(18)6-11(19)5-9/h3-7,15,20H,1-2H3. The maximum Gasteiger partial charge on any atom is 0.126 e. The van der Waals surface area contributed by atoms with Gasteiger partial charge in [-0.15, -0.1) is 0 Å². The van der Waals surface area contributed by atoms with E-state index in [1.807, 2.05) is 19.1 Å². The van der Waals surface area contributed by atoms with E-state index in [9.17, 15) is 8.78 Å². The molecule has 0 heterocycles. The van der Waals surface area contributed by atoms with Crippen LogP contribution in [-0.2, 0) is 0 Å². The van der Waals surface area contributed by atoms with Gasteiger partial charge in [0.15, 0.2) is 0 Å². The Hall–Kier alpha value is -0.780. The van der Waals surface area contributed by atoms with Gasteiger partial charge in [0.1, 0.15) is 11.6 Å². The minimum Gasteiger partial charge on any atom is -0.309 e. The third-order valence-electron chi connectivity index (χ3n) is 3.10. The molecule has 2 aromatic carbocycles. The average Bonchev–Trinajstić information content (AvgIpc) is 2.35. The number of nitrogens with one attached hydrogen (secondary N) is 1. The lowest BCUT2D eigenvalue weighted by Crippen LogP contribution is -2.18. The molecule has 0 saturated carbocycles. The Morgan fingerprint density at radius 2 is 1.55 bits per heavy atom. The molecule has 0 amide bonds. The first-order valence-electron chi connectivity index (χ1n) is 6.01. The van der Waals surface area contributed by atoms with E-state index in [0.717, 1.165) is 26.1 Å². The van der Waals surface area contributed by atoms with Crippen molar-refractivity contribution in [1.82, 2.24) is 5.32 Å². The van der Waals surface area contributed by atoms with Crippen LogP contribution in [0.5, 0.6) is 0 Å². The van der Waals surface area contributed by atoms with Crippen molar-refractivity contribution in [1.29, 1.82) is 0 Å². The third-order valence-corrected chi connectivity index (χ3v) is 4.64. The summed E-state index contributed by atoms with van der Waals surface area (Å²) in [6, 6.07) is 7.17. The highest BCUT2D eigenvalue weighted by atomic mass is 79.9. The fourth-order valence-electron chi connectivity index (χ4n) is 2.13. The molecule has 0 aliphatic rings. The Labute approximate surface area is 133 Å². The molecular formula is C15H13Br2F2N. The highest BCUT2D eigenvalue weighted by molar-refractivity contribution is 9.11. The topological polar surface area (TPSA) is 12.0 Å². The average molecular weight is 405 g/mol. The molecule has 0 aromatic heterocycles. The summed E-state index contributed by atoms with van der Waals surface area (Å²) < 4.78 is 28.6. The minimum atomic E-state index is -0.581. The minimum absolute atomic E-state index is 0.300. The maximum atomic E-state index is 13.4. The summed E-state index contributed by atoms with van der Waals surface area (Å²) in [5, 5.41) is 3.09. The predicted octanol–water partition coefficient (Wildman–Crippen LogP) is 5.11. The first-order chi connectivity index (χ1) is 9.42. The number of hydrogen-bond donors (Lipinski definition) is 1. The molecule has 1 atom stereocenters. The van der Waals surface area contributed by atoms with Crippen LogP contribution in [0.4, 0.5) is 8.78 Å². The Bertz CT molecular complexity index is 624. The van der Waals surface area contributed by atoms with Gasteiger partial charge in [0.05, 0.1) is 6.04 Å². The molecule has 0 saturated heterocycles. The second-order valence-electron chi connectivity index (χ2n) is 4.55. The van der Waals surface area contributed by atoms with E-state index in [-0.39, 0.29) is 6.04 Å². The lowest BCUT2D eigenvalue weighted by atomic mass is 9.98. The van der Waals surface area contributed by atoms with E-state index in [2.05, 4.69) is 37.2 Å². The first-order valence-corrected chi connectivity index (χ1v) is 7.59. The molecule has 106 valence electrons. The maximum absolute atomic E-state index is 13.4. The Balaban J connectivity index is 2.55. The summed E-state index contributed by atoms with van der Waals surface area (Å²) in [6.45, 7) is 1.98. The van der Waals surface area contributed by atoms with E-state index >= 15 is 0 Å². The Morgan fingerprint density at radius 3 is 2.10 bits per heavy atom. The molecule has 1 N–H and O–H groups in total. The van der Waals surface area contributed by atoms with Gasteiger partial charge in [-0.25, -0.2) is 8.78 Å². The van der Waals surface area contributed by atoms with Crippen molar-refractivity contribution in [3.63, 3.8) is 0 Å². The molecule has 2 rings (SSSR count). The Kier molecular flexibility index (Phi) is 4.94. The van der Waals surface area contributed by atoms with Gasteiger partial charge in [0.2, 0.25) is 0 Å². The monoisotopic (exact) mass is 403 g/mol. The quantitative estimate of drug-likeness (QED) is 0.749. The van der Waals surface area contributed by atoms with Gasteiger partial charge in [0, 0.05) is 15.0 Å². The lowest BCUT2D eigenvalue weighted by molar-refractivity contribution is 0.571. The van der Waals surface area contributed by atoms with Crippen molar-refractivity contribution in [2.45, 2.75) is 13.0 Å². The van der Waals surface area contributed by atoms with Crippen LogP contribution in [0.15, 0.2) is 39.3 Å². The van der Waals surface area contributed by atoms with E-state index in [4.69, 9.17) is 0 Å². The lowest BCUT2D eigenvalue weighted by Gasteiger charge is -2.20. The van der Waals surface area contributed by atoms with Crippen molar-refractivity contribution in [2.75, 3.05) is 7.05 Å². The van der Waals surface area contributed by atoms with E-state index in [1.165, 1.54) is 12.1 Å². The van der Waals surface area contributed by atoms with E-state index in [0.29, 0.717) is 5.56 Å². The van der Waals surface area contributed by atoms with Gasteiger partial charge in [-0.1, -0.05) is 31.9 Å². The molecule has 0 bridgehead atoms. The summed E-state index contributed by atoms with van der Waals surface area (Å²) in [5.41, 5.74) is 2.54. The van der Waals surface area contributed by atoms with Gasteiger partial charge in [0.25, 0.3) is 0 Å². The van der Waals surface area contributed by atoms with E-state index < -0.39 is 11.6 Å². The first kappa shape index (κ1) is 15.6. The smallest absolute Gasteiger partial charge is 0.126 e. The van der Waals surface area contributed by atoms with Crippen molar-refractivity contribution < 1.29 is 8.78 Å². The number of halogens is 4. The van der Waals surface area contributed by atoms with Crippen molar-refractivity contribution in [3.8, 4) is 0 Å². The summed E-state index contributed by atoms with van der Waals surface area (Å²) in [6.07, 6.45) is 0. The highest BCUT2D eigenvalue weighted by Gasteiger charge is 2.18. The van der Waals surface area contributed by atoms with Crippen LogP contribution in [0.2, 0.25) is 0 Å². The van der Waals surface area contributed by atoms with Crippen LogP contribution in [0.1, 0.15) is 22.7 Å². The molecule has 5 heteroatoms. The van der Waals surface area contributed by atoms with Crippen molar-refractivity contribution >= 4 is 31.9 Å². The number of hydrogen-bond acceptors (Lipinski definition) is 1. The van der Waals surface area contributed by atoms with Crippen LogP contribution < -0.4 is 5.32 Å². The van der Waals surface area contributed by atoms with Crippen LogP contribution in [0.3, 0.4) is 0 Å². The van der Waals surface area contributed by atoms with Gasteiger partial charge < -0.3 is 5.32 Å². The number of benzene rings is 2. The summed E-state index contributed by atoms with van der Waals surface area (Å²) >= 11 is 6.99. The second-order valence-corrected chi connectivity index (χ2v) is 6.26. The van der Waals surface area contributed by atoms with Crippen LogP contribution in [0, 0.1) is 18.6 Å². The van der Waals surface area contributed by atoms with Crippen molar-refractivity contribution in [2.24, 2.45) is 0 Å². The van der Waals surface area contributed by atoms with Gasteiger partial charge in [-0.05, 0) is 54.9 Å². The summed E-state index contributed by atoms with van der Waals surface area (Å²) in [5.74, 6) is -1.16. The Morgan fingerprint density at radius 1 is 0.950 bits per heavy atom. The second kappa shape index (κ2) is 6.33. The largest absolute Gasteiger partial charge is 0.309 e. The third kappa shape index (κ3) is 3.27. The molecular weight excluding hydrogens is 392 g/mol. The zero-order valence-electron chi connectivity index (χ0n) is 11.0. The molecule has 0 fully saturated rings. The number of aryl methyl sites for hydroxylation is 1. The summed E-state index contributed by atoms with van der Waals surface area (Å²) in [7, 11) is 1.76. The normalized spacial score (nSPS) is 12.5. The molecule has 0 spiro atoms. The number of rotatable bonds is 3. The SMILES string of the molecule is CNC(c1cc(F)cc(F)c1)c1cc(Br)c(C)cc1Br. The molecule has 0 radical (unpaired) electrons. The predicted molar refractivity (Wildman–Crippen MR) is 83.8 cm³/mol. The molecule has 2 aromatic rings. The van der Waals surface area contributed by atoms with Gasteiger partial charge in [-0.2, -0.15) is 0 Å². The molecule has 0 aliphatic heterocycles.